The van der Waals surface area contributed by atoms with E-state index in [-0.39, 0.29) is 0 Å². The molecule has 0 radical (unpaired) electrons. The van der Waals surface area contributed by atoms with Crippen LogP contribution in [0.4, 0.5) is 0 Å². The van der Waals surface area contributed by atoms with Gasteiger partial charge in [0.05, 0.1) is 112 Å². The molecular weight excluding hydrogens is 536 g/mol. The molecule has 41 heavy (non-hydrogen) atoms. The van der Waals surface area contributed by atoms with Crippen LogP contribution in [0.5, 0.6) is 5.75 Å². The molecule has 238 valence electrons. The first-order valence-electron chi connectivity index (χ1n) is 14.7. The van der Waals surface area contributed by atoms with Crippen molar-refractivity contribution in [2.75, 3.05) is 126 Å². The fourth-order valence-corrected chi connectivity index (χ4v) is 3.18. The molecule has 0 spiro atoms. The van der Waals surface area contributed by atoms with Crippen LogP contribution >= 0.6 is 0 Å². The molecule has 1 aromatic rings. The molecule has 0 saturated carbocycles. The van der Waals surface area contributed by atoms with E-state index in [1.165, 1.54) is 12.8 Å². The largest absolute Gasteiger partial charge is 0.491 e. The maximum atomic E-state index is 10.6. The second-order valence-electron chi connectivity index (χ2n) is 8.75. The normalized spacial score (nSPS) is 11.2. The third-order valence-corrected chi connectivity index (χ3v) is 5.38. The van der Waals surface area contributed by atoms with Crippen molar-refractivity contribution in [2.24, 2.45) is 0 Å². The SMILES string of the molecule is CCCCCOCCOCCOCCOCCOCCOCCOCCOCCOCCOc1ccc(C=O)cc1. The van der Waals surface area contributed by atoms with Crippen LogP contribution in [0.15, 0.2) is 24.3 Å². The summed E-state index contributed by atoms with van der Waals surface area (Å²) in [7, 11) is 0. The molecule has 0 aliphatic rings. The van der Waals surface area contributed by atoms with Gasteiger partial charge in [-0.2, -0.15) is 0 Å². The zero-order valence-corrected chi connectivity index (χ0v) is 24.9. The summed E-state index contributed by atoms with van der Waals surface area (Å²) in [6.45, 7) is 12.4. The molecule has 11 nitrogen and oxygen atoms in total. The Kier molecular flexibility index (Phi) is 28.5. The van der Waals surface area contributed by atoms with Crippen molar-refractivity contribution in [1.29, 1.82) is 0 Å². The van der Waals surface area contributed by atoms with Gasteiger partial charge in [0.2, 0.25) is 0 Å². The van der Waals surface area contributed by atoms with Gasteiger partial charge in [0.1, 0.15) is 18.6 Å². The lowest BCUT2D eigenvalue weighted by atomic mass is 10.2. The monoisotopic (exact) mass is 588 g/mol. The van der Waals surface area contributed by atoms with Gasteiger partial charge in [-0.3, -0.25) is 4.79 Å². The summed E-state index contributed by atoms with van der Waals surface area (Å²) in [5, 5.41) is 0. The van der Waals surface area contributed by atoms with Crippen molar-refractivity contribution in [3.63, 3.8) is 0 Å². The first-order chi connectivity index (χ1) is 20.4. The van der Waals surface area contributed by atoms with Crippen molar-refractivity contribution in [1.82, 2.24) is 0 Å². The van der Waals surface area contributed by atoms with Crippen molar-refractivity contribution < 1.29 is 52.2 Å². The van der Waals surface area contributed by atoms with E-state index < -0.39 is 0 Å². The van der Waals surface area contributed by atoms with Gasteiger partial charge in [-0.25, -0.2) is 0 Å². The second-order valence-corrected chi connectivity index (χ2v) is 8.75. The van der Waals surface area contributed by atoms with E-state index in [9.17, 15) is 4.79 Å². The maximum Gasteiger partial charge on any atom is 0.150 e. The Bertz CT molecular complexity index is 660. The van der Waals surface area contributed by atoms with Crippen molar-refractivity contribution >= 4 is 6.29 Å². The van der Waals surface area contributed by atoms with Gasteiger partial charge in [-0.15, -0.1) is 0 Å². The minimum Gasteiger partial charge on any atom is -0.491 e. The number of carbonyl (C=O) groups is 1. The first-order valence-corrected chi connectivity index (χ1v) is 14.7. The van der Waals surface area contributed by atoms with Crippen LogP contribution in [0.3, 0.4) is 0 Å². The van der Waals surface area contributed by atoms with E-state index in [1.54, 1.807) is 24.3 Å². The number of hydrogen-bond acceptors (Lipinski definition) is 11. The molecule has 0 unspecified atom stereocenters. The van der Waals surface area contributed by atoms with E-state index in [1.807, 2.05) is 0 Å². The number of ether oxygens (including phenoxy) is 10. The number of benzene rings is 1. The molecule has 0 aliphatic heterocycles. The zero-order valence-electron chi connectivity index (χ0n) is 24.9. The fourth-order valence-electron chi connectivity index (χ4n) is 3.18. The summed E-state index contributed by atoms with van der Waals surface area (Å²) in [6.07, 6.45) is 4.34. The van der Waals surface area contributed by atoms with Gasteiger partial charge >= 0.3 is 0 Å². The minimum absolute atomic E-state index is 0.436. The summed E-state index contributed by atoms with van der Waals surface area (Å²) in [5.74, 6) is 0.708. The molecule has 0 aliphatic carbocycles. The Morgan fingerprint density at radius 2 is 0.756 bits per heavy atom. The molecule has 0 N–H and O–H groups in total. The Hall–Kier alpha value is -1.67. The minimum atomic E-state index is 0.436. The van der Waals surface area contributed by atoms with E-state index in [4.69, 9.17) is 47.4 Å². The van der Waals surface area contributed by atoms with Crippen LogP contribution in [0.1, 0.15) is 36.5 Å². The predicted octanol–water partition coefficient (Wildman–Crippen LogP) is 3.22. The number of rotatable bonds is 33. The fraction of sp³-hybridized carbons (Fsp3) is 0.767. The quantitative estimate of drug-likeness (QED) is 0.0892. The molecule has 1 rings (SSSR count). The van der Waals surface area contributed by atoms with Crippen LogP contribution in [-0.4, -0.2) is 132 Å². The molecule has 11 heteroatoms. The summed E-state index contributed by atoms with van der Waals surface area (Å²) >= 11 is 0. The first kappa shape index (κ1) is 37.4. The predicted molar refractivity (Wildman–Crippen MR) is 154 cm³/mol. The molecule has 0 atom stereocenters. The highest BCUT2D eigenvalue weighted by atomic mass is 16.6. The van der Waals surface area contributed by atoms with Crippen LogP contribution in [0.25, 0.3) is 0 Å². The molecule has 0 fully saturated rings. The highest BCUT2D eigenvalue weighted by Crippen LogP contribution is 2.10. The molecule has 0 bridgehead atoms. The summed E-state index contributed by atoms with van der Waals surface area (Å²) < 4.78 is 54.7. The topological polar surface area (TPSA) is 109 Å². The molecule has 0 saturated heterocycles. The number of unbranched alkanes of at least 4 members (excludes halogenated alkanes) is 2. The van der Waals surface area contributed by atoms with Crippen LogP contribution in [0, 0.1) is 0 Å². The van der Waals surface area contributed by atoms with E-state index >= 15 is 0 Å². The number of carbonyl (C=O) groups excluding carboxylic acids is 1. The maximum absolute atomic E-state index is 10.6. The summed E-state index contributed by atoms with van der Waals surface area (Å²) in [4.78, 5) is 10.6. The highest BCUT2D eigenvalue weighted by Gasteiger charge is 1.97. The smallest absolute Gasteiger partial charge is 0.150 e. The highest BCUT2D eigenvalue weighted by molar-refractivity contribution is 5.74. The second kappa shape index (κ2) is 31.3. The number of hydrogen-bond donors (Lipinski definition) is 0. The average molecular weight is 589 g/mol. The van der Waals surface area contributed by atoms with Gasteiger partial charge in [0, 0.05) is 12.2 Å². The molecule has 0 heterocycles. The Morgan fingerprint density at radius 1 is 0.439 bits per heavy atom. The Labute approximate surface area is 245 Å². The Balaban J connectivity index is 1.65. The third kappa shape index (κ3) is 26.9. The molecule has 0 aromatic heterocycles. The molecule has 1 aromatic carbocycles. The lowest BCUT2D eigenvalue weighted by molar-refractivity contribution is -0.0254. The van der Waals surface area contributed by atoms with Gasteiger partial charge < -0.3 is 47.4 Å². The van der Waals surface area contributed by atoms with Crippen molar-refractivity contribution in [3.05, 3.63) is 29.8 Å². The van der Waals surface area contributed by atoms with E-state index in [2.05, 4.69) is 6.92 Å². The van der Waals surface area contributed by atoms with Gasteiger partial charge in [-0.05, 0) is 30.7 Å². The van der Waals surface area contributed by atoms with Crippen molar-refractivity contribution in [3.8, 4) is 5.75 Å². The zero-order chi connectivity index (χ0) is 29.3. The molecule has 0 amide bonds. The van der Waals surface area contributed by atoms with Gasteiger partial charge in [0.15, 0.2) is 0 Å². The van der Waals surface area contributed by atoms with Crippen LogP contribution in [-0.2, 0) is 42.6 Å². The van der Waals surface area contributed by atoms with Gasteiger partial charge in [0.25, 0.3) is 0 Å². The lowest BCUT2D eigenvalue weighted by Gasteiger charge is -2.09. The van der Waals surface area contributed by atoms with E-state index in [0.717, 1.165) is 19.3 Å². The van der Waals surface area contributed by atoms with Gasteiger partial charge in [-0.1, -0.05) is 19.8 Å². The average Bonchev–Trinajstić information content (AvgIpc) is 3.00. The standard InChI is InChI=1S/C30H52O11/c1-2-3-4-9-32-10-11-33-12-13-34-14-15-35-16-17-36-18-19-37-20-21-38-22-23-39-24-25-40-26-27-41-30-7-5-29(28-31)6-8-30/h5-8,28H,2-4,9-27H2,1H3. The van der Waals surface area contributed by atoms with E-state index in [0.29, 0.717) is 130 Å². The van der Waals surface area contributed by atoms with Crippen LogP contribution in [0.2, 0.25) is 0 Å². The Morgan fingerprint density at radius 3 is 1.07 bits per heavy atom. The summed E-state index contributed by atoms with van der Waals surface area (Å²) in [5.41, 5.74) is 0.621. The van der Waals surface area contributed by atoms with Crippen molar-refractivity contribution in [2.45, 2.75) is 26.2 Å². The number of aldehydes is 1. The van der Waals surface area contributed by atoms with Crippen LogP contribution < -0.4 is 4.74 Å². The molecular formula is C30H52O11. The summed E-state index contributed by atoms with van der Waals surface area (Å²) in [6, 6.07) is 6.94. The third-order valence-electron chi connectivity index (χ3n) is 5.38. The lowest BCUT2D eigenvalue weighted by Crippen LogP contribution is -2.15.